The molecule has 0 saturated heterocycles. The molecule has 3 amide bonds. The molecule has 0 bridgehead atoms. The van der Waals surface area contributed by atoms with Crippen molar-refractivity contribution in [2.24, 2.45) is 0 Å². The third kappa shape index (κ3) is 3.22. The van der Waals surface area contributed by atoms with Gasteiger partial charge in [0, 0.05) is 13.6 Å². The van der Waals surface area contributed by atoms with Crippen molar-refractivity contribution in [2.45, 2.75) is 6.54 Å². The maximum Gasteiger partial charge on any atom is 0.324 e. The lowest BCUT2D eigenvalue weighted by molar-refractivity contribution is 0.0801. The lowest BCUT2D eigenvalue weighted by Gasteiger charge is -2.14. The minimum atomic E-state index is -0.476. The van der Waals surface area contributed by atoms with E-state index >= 15 is 0 Å². The fraction of sp³-hybridized carbons (Fsp3) is 0.143. The van der Waals surface area contributed by atoms with E-state index in [1.807, 2.05) is 30.3 Å². The van der Waals surface area contributed by atoms with Crippen molar-refractivity contribution >= 4 is 11.9 Å². The highest BCUT2D eigenvalue weighted by atomic mass is 16.3. The Morgan fingerprint density at radius 1 is 1.16 bits per heavy atom. The summed E-state index contributed by atoms with van der Waals surface area (Å²) in [5.74, 6) is -0.340. The molecular formula is C14H14N2O3. The molecule has 5 nitrogen and oxygen atoms in total. The number of furan rings is 1. The molecule has 0 atom stereocenters. The average molecular weight is 258 g/mol. The van der Waals surface area contributed by atoms with Crippen molar-refractivity contribution in [3.63, 3.8) is 0 Å². The first-order valence-corrected chi connectivity index (χ1v) is 5.82. The van der Waals surface area contributed by atoms with Gasteiger partial charge in [-0.2, -0.15) is 0 Å². The number of carbonyl (C=O) groups excluding carboxylic acids is 2. The van der Waals surface area contributed by atoms with Crippen LogP contribution in [0.1, 0.15) is 16.1 Å². The standard InChI is InChI=1S/C14H14N2O3/c1-16(13(17)12-8-5-9-19-12)14(18)15-10-11-6-3-2-4-7-11/h2-9H,10H2,1H3,(H,15,18). The van der Waals surface area contributed by atoms with Gasteiger partial charge in [-0.25, -0.2) is 4.79 Å². The van der Waals surface area contributed by atoms with E-state index in [-0.39, 0.29) is 5.76 Å². The van der Waals surface area contributed by atoms with Crippen LogP contribution in [0.15, 0.2) is 53.1 Å². The summed E-state index contributed by atoms with van der Waals surface area (Å²) in [4.78, 5) is 24.6. The smallest absolute Gasteiger partial charge is 0.324 e. The van der Waals surface area contributed by atoms with Crippen LogP contribution in [0.3, 0.4) is 0 Å². The van der Waals surface area contributed by atoms with Gasteiger partial charge >= 0.3 is 6.03 Å². The maximum atomic E-state index is 11.8. The zero-order valence-corrected chi connectivity index (χ0v) is 10.5. The predicted molar refractivity (Wildman–Crippen MR) is 69.5 cm³/mol. The van der Waals surface area contributed by atoms with Gasteiger partial charge in [0.05, 0.1) is 6.26 Å². The number of urea groups is 1. The minimum Gasteiger partial charge on any atom is -0.459 e. The van der Waals surface area contributed by atoms with Crippen molar-refractivity contribution in [3.05, 3.63) is 60.1 Å². The van der Waals surface area contributed by atoms with Gasteiger partial charge in [-0.3, -0.25) is 9.69 Å². The molecule has 0 spiro atoms. The van der Waals surface area contributed by atoms with E-state index in [1.54, 1.807) is 6.07 Å². The van der Waals surface area contributed by atoms with Crippen LogP contribution in [0, 0.1) is 0 Å². The Labute approximate surface area is 110 Å². The number of hydrogen-bond acceptors (Lipinski definition) is 3. The van der Waals surface area contributed by atoms with Crippen molar-refractivity contribution in [3.8, 4) is 0 Å². The number of amides is 3. The van der Waals surface area contributed by atoms with Crippen molar-refractivity contribution in [1.29, 1.82) is 0 Å². The predicted octanol–water partition coefficient (Wildman–Crippen LogP) is 2.26. The molecular weight excluding hydrogens is 244 g/mol. The molecule has 0 aliphatic carbocycles. The second-order valence-electron chi connectivity index (χ2n) is 3.99. The van der Waals surface area contributed by atoms with Crippen LogP contribution in [0.5, 0.6) is 0 Å². The number of carbonyl (C=O) groups is 2. The summed E-state index contributed by atoms with van der Waals surface area (Å²) in [6.45, 7) is 0.370. The van der Waals surface area contributed by atoms with Gasteiger partial charge in [-0.15, -0.1) is 0 Å². The molecule has 1 aromatic carbocycles. The third-order valence-electron chi connectivity index (χ3n) is 2.63. The second kappa shape index (κ2) is 5.86. The normalized spacial score (nSPS) is 9.95. The first-order chi connectivity index (χ1) is 9.18. The lowest BCUT2D eigenvalue weighted by atomic mass is 10.2. The van der Waals surface area contributed by atoms with Gasteiger partial charge in [0.2, 0.25) is 0 Å². The van der Waals surface area contributed by atoms with Crippen LogP contribution < -0.4 is 5.32 Å². The van der Waals surface area contributed by atoms with Crippen LogP contribution in [-0.4, -0.2) is 23.9 Å². The van der Waals surface area contributed by atoms with Crippen molar-refractivity contribution < 1.29 is 14.0 Å². The molecule has 1 heterocycles. The lowest BCUT2D eigenvalue weighted by Crippen LogP contribution is -2.40. The van der Waals surface area contributed by atoms with E-state index in [4.69, 9.17) is 4.42 Å². The SMILES string of the molecule is CN(C(=O)NCc1ccccc1)C(=O)c1ccco1. The molecule has 0 aliphatic rings. The Bertz CT molecular complexity index is 549. The van der Waals surface area contributed by atoms with Gasteiger partial charge in [0.25, 0.3) is 5.91 Å². The number of imide groups is 1. The molecule has 98 valence electrons. The summed E-state index contributed by atoms with van der Waals surface area (Å²) in [5, 5.41) is 2.67. The zero-order valence-electron chi connectivity index (χ0n) is 10.5. The first kappa shape index (κ1) is 12.9. The van der Waals surface area contributed by atoms with Crippen LogP contribution in [0.25, 0.3) is 0 Å². The molecule has 0 fully saturated rings. The minimum absolute atomic E-state index is 0.136. The molecule has 0 radical (unpaired) electrons. The molecule has 2 rings (SSSR count). The summed E-state index contributed by atoms with van der Waals surface area (Å²) >= 11 is 0. The molecule has 1 aromatic heterocycles. The number of nitrogens with zero attached hydrogens (tertiary/aromatic N) is 1. The molecule has 0 unspecified atom stereocenters. The summed E-state index contributed by atoms with van der Waals surface area (Å²) < 4.78 is 4.96. The number of hydrogen-bond donors (Lipinski definition) is 1. The summed E-state index contributed by atoms with van der Waals surface area (Å²) in [6, 6.07) is 12.1. The van der Waals surface area contributed by atoms with Crippen LogP contribution in [-0.2, 0) is 6.54 Å². The number of nitrogens with one attached hydrogen (secondary N) is 1. The van der Waals surface area contributed by atoms with E-state index < -0.39 is 11.9 Å². The van der Waals surface area contributed by atoms with E-state index in [2.05, 4.69) is 5.32 Å². The highest BCUT2D eigenvalue weighted by molar-refractivity contribution is 6.02. The molecule has 2 aromatic rings. The summed E-state index contributed by atoms with van der Waals surface area (Å²) in [6.07, 6.45) is 1.39. The zero-order chi connectivity index (χ0) is 13.7. The highest BCUT2D eigenvalue weighted by Gasteiger charge is 2.20. The fourth-order valence-electron chi connectivity index (χ4n) is 1.55. The van der Waals surface area contributed by atoms with Crippen LogP contribution in [0.4, 0.5) is 4.79 Å². The molecule has 19 heavy (non-hydrogen) atoms. The van der Waals surface area contributed by atoms with Crippen molar-refractivity contribution in [1.82, 2.24) is 10.2 Å². The Morgan fingerprint density at radius 3 is 2.53 bits per heavy atom. The Balaban J connectivity index is 1.91. The van der Waals surface area contributed by atoms with Crippen LogP contribution in [0.2, 0.25) is 0 Å². The maximum absolute atomic E-state index is 11.8. The van der Waals surface area contributed by atoms with Gasteiger partial charge < -0.3 is 9.73 Å². The van der Waals surface area contributed by atoms with E-state index in [0.717, 1.165) is 10.5 Å². The summed E-state index contributed by atoms with van der Waals surface area (Å²) in [5.41, 5.74) is 0.967. The molecule has 0 saturated carbocycles. The topological polar surface area (TPSA) is 62.6 Å². The second-order valence-corrected chi connectivity index (χ2v) is 3.99. The van der Waals surface area contributed by atoms with E-state index in [9.17, 15) is 9.59 Å². The average Bonchev–Trinajstić information content (AvgIpc) is 2.98. The Hall–Kier alpha value is -2.56. The Kier molecular flexibility index (Phi) is 3.97. The molecule has 0 aliphatic heterocycles. The molecule has 5 heteroatoms. The van der Waals surface area contributed by atoms with Gasteiger partial charge in [0.15, 0.2) is 5.76 Å². The number of benzene rings is 1. The van der Waals surface area contributed by atoms with Gasteiger partial charge in [-0.1, -0.05) is 30.3 Å². The van der Waals surface area contributed by atoms with E-state index in [0.29, 0.717) is 6.54 Å². The first-order valence-electron chi connectivity index (χ1n) is 5.82. The monoisotopic (exact) mass is 258 g/mol. The summed E-state index contributed by atoms with van der Waals surface area (Å²) in [7, 11) is 1.41. The van der Waals surface area contributed by atoms with Gasteiger partial charge in [0.1, 0.15) is 0 Å². The van der Waals surface area contributed by atoms with E-state index in [1.165, 1.54) is 19.4 Å². The molecule has 1 N–H and O–H groups in total. The third-order valence-corrected chi connectivity index (χ3v) is 2.63. The largest absolute Gasteiger partial charge is 0.459 e. The fourth-order valence-corrected chi connectivity index (χ4v) is 1.55. The number of rotatable bonds is 3. The van der Waals surface area contributed by atoms with Crippen LogP contribution >= 0.6 is 0 Å². The Morgan fingerprint density at radius 2 is 1.89 bits per heavy atom. The highest BCUT2D eigenvalue weighted by Crippen LogP contribution is 2.04. The van der Waals surface area contributed by atoms with Gasteiger partial charge in [-0.05, 0) is 17.7 Å². The quantitative estimate of drug-likeness (QED) is 0.918. The van der Waals surface area contributed by atoms with Crippen molar-refractivity contribution in [2.75, 3.05) is 7.05 Å².